The summed E-state index contributed by atoms with van der Waals surface area (Å²) in [5.74, 6) is -0.123. The Labute approximate surface area is 130 Å². The number of anilines is 1. The number of benzene rings is 1. The Kier molecular flexibility index (Phi) is 5.08. The van der Waals surface area contributed by atoms with Gasteiger partial charge in [-0.15, -0.1) is 10.2 Å². The molecule has 106 valence electrons. The minimum atomic E-state index is -0.123. The van der Waals surface area contributed by atoms with E-state index in [1.54, 1.807) is 11.9 Å². The van der Waals surface area contributed by atoms with Crippen LogP contribution in [0.5, 0.6) is 0 Å². The molecule has 0 radical (unpaired) electrons. The van der Waals surface area contributed by atoms with Crippen molar-refractivity contribution in [1.82, 2.24) is 15.1 Å². The van der Waals surface area contributed by atoms with Gasteiger partial charge in [0.15, 0.2) is 0 Å². The van der Waals surface area contributed by atoms with Gasteiger partial charge in [0.05, 0.1) is 0 Å². The fourth-order valence-corrected chi connectivity index (χ4v) is 2.87. The first-order valence-electron chi connectivity index (χ1n) is 6.18. The molecule has 0 unspecified atom stereocenters. The minimum Gasteiger partial charge on any atom is -0.360 e. The fourth-order valence-electron chi connectivity index (χ4n) is 1.65. The van der Waals surface area contributed by atoms with Gasteiger partial charge in [0, 0.05) is 24.6 Å². The van der Waals surface area contributed by atoms with E-state index < -0.39 is 0 Å². The molecular formula is C13H15BrN4OS. The zero-order valence-electron chi connectivity index (χ0n) is 11.3. The lowest BCUT2D eigenvalue weighted by Gasteiger charge is -2.16. The van der Waals surface area contributed by atoms with E-state index in [0.717, 1.165) is 16.6 Å². The molecule has 1 amide bonds. The molecule has 0 saturated heterocycles. The highest BCUT2D eigenvalue weighted by molar-refractivity contribution is 9.10. The van der Waals surface area contributed by atoms with Crippen LogP contribution < -0.4 is 5.32 Å². The van der Waals surface area contributed by atoms with Gasteiger partial charge in [0.2, 0.25) is 10.1 Å². The molecule has 0 aliphatic rings. The monoisotopic (exact) mass is 354 g/mol. The summed E-state index contributed by atoms with van der Waals surface area (Å²) in [5, 5.41) is 12.0. The number of carbonyl (C=O) groups is 1. The molecular weight excluding hydrogens is 340 g/mol. The van der Waals surface area contributed by atoms with Gasteiger partial charge >= 0.3 is 0 Å². The molecule has 2 rings (SSSR count). The second-order valence-corrected chi connectivity index (χ2v) is 6.03. The number of hydrogen-bond acceptors (Lipinski definition) is 5. The molecule has 5 nitrogen and oxygen atoms in total. The van der Waals surface area contributed by atoms with E-state index in [1.807, 2.05) is 31.2 Å². The number of aromatic nitrogens is 2. The predicted molar refractivity (Wildman–Crippen MR) is 84.0 cm³/mol. The Balaban J connectivity index is 2.06. The number of nitrogens with zero attached hydrogens (tertiary/aromatic N) is 3. The van der Waals surface area contributed by atoms with Crippen LogP contribution in [0.1, 0.15) is 22.3 Å². The van der Waals surface area contributed by atoms with Gasteiger partial charge in [-0.1, -0.05) is 45.5 Å². The molecule has 0 saturated carbocycles. The highest BCUT2D eigenvalue weighted by atomic mass is 79.9. The van der Waals surface area contributed by atoms with E-state index in [1.165, 1.54) is 11.3 Å². The molecule has 0 fully saturated rings. The Morgan fingerprint density at radius 3 is 2.85 bits per heavy atom. The first-order valence-corrected chi connectivity index (χ1v) is 7.79. The van der Waals surface area contributed by atoms with Crippen molar-refractivity contribution in [3.05, 3.63) is 39.3 Å². The van der Waals surface area contributed by atoms with Crippen molar-refractivity contribution >= 4 is 38.3 Å². The lowest BCUT2D eigenvalue weighted by atomic mass is 10.2. The van der Waals surface area contributed by atoms with Gasteiger partial charge in [0.25, 0.3) is 5.91 Å². The van der Waals surface area contributed by atoms with Gasteiger partial charge in [-0.05, 0) is 18.6 Å². The zero-order chi connectivity index (χ0) is 14.5. The van der Waals surface area contributed by atoms with Gasteiger partial charge < -0.3 is 10.2 Å². The molecule has 1 heterocycles. The SMILES string of the molecule is CCNc1nnc(C(=O)N(C)Cc2ccccc2Br)s1. The molecule has 7 heteroatoms. The summed E-state index contributed by atoms with van der Waals surface area (Å²) in [6, 6.07) is 7.84. The van der Waals surface area contributed by atoms with Crippen LogP contribution in [0, 0.1) is 0 Å². The Bertz CT molecular complexity index is 602. The van der Waals surface area contributed by atoms with Crippen molar-refractivity contribution in [2.24, 2.45) is 0 Å². The third-order valence-corrected chi connectivity index (χ3v) is 4.29. The molecule has 0 bridgehead atoms. The van der Waals surface area contributed by atoms with Crippen LogP contribution >= 0.6 is 27.3 Å². The average Bonchev–Trinajstić information content (AvgIpc) is 2.89. The van der Waals surface area contributed by atoms with Gasteiger partial charge in [0.1, 0.15) is 0 Å². The van der Waals surface area contributed by atoms with E-state index in [-0.39, 0.29) is 5.91 Å². The van der Waals surface area contributed by atoms with Gasteiger partial charge in [-0.25, -0.2) is 0 Å². The summed E-state index contributed by atoms with van der Waals surface area (Å²) in [5.41, 5.74) is 1.06. The van der Waals surface area contributed by atoms with Crippen LogP contribution in [0.2, 0.25) is 0 Å². The van der Waals surface area contributed by atoms with Crippen LogP contribution in [-0.2, 0) is 6.54 Å². The van der Waals surface area contributed by atoms with Crippen molar-refractivity contribution in [3.63, 3.8) is 0 Å². The zero-order valence-corrected chi connectivity index (χ0v) is 13.7. The number of halogens is 1. The Morgan fingerprint density at radius 2 is 2.15 bits per heavy atom. The topological polar surface area (TPSA) is 58.1 Å². The van der Waals surface area contributed by atoms with E-state index in [0.29, 0.717) is 16.7 Å². The Hall–Kier alpha value is -1.47. The van der Waals surface area contributed by atoms with E-state index in [4.69, 9.17) is 0 Å². The molecule has 1 aromatic carbocycles. The van der Waals surface area contributed by atoms with Crippen molar-refractivity contribution in [1.29, 1.82) is 0 Å². The van der Waals surface area contributed by atoms with E-state index in [2.05, 4.69) is 31.4 Å². The highest BCUT2D eigenvalue weighted by Gasteiger charge is 2.17. The average molecular weight is 355 g/mol. The van der Waals surface area contributed by atoms with E-state index >= 15 is 0 Å². The van der Waals surface area contributed by atoms with Crippen molar-refractivity contribution < 1.29 is 4.79 Å². The number of carbonyl (C=O) groups excluding carboxylic acids is 1. The summed E-state index contributed by atoms with van der Waals surface area (Å²) in [7, 11) is 1.76. The van der Waals surface area contributed by atoms with Crippen LogP contribution in [-0.4, -0.2) is 34.6 Å². The molecule has 1 aromatic heterocycles. The van der Waals surface area contributed by atoms with Crippen LogP contribution in [0.25, 0.3) is 0 Å². The second kappa shape index (κ2) is 6.81. The van der Waals surface area contributed by atoms with Crippen LogP contribution in [0.15, 0.2) is 28.7 Å². The number of amides is 1. The molecule has 0 aliphatic carbocycles. The third-order valence-electron chi connectivity index (χ3n) is 2.65. The summed E-state index contributed by atoms with van der Waals surface area (Å²) < 4.78 is 0.991. The van der Waals surface area contributed by atoms with Crippen LogP contribution in [0.3, 0.4) is 0 Å². The third kappa shape index (κ3) is 3.55. The van der Waals surface area contributed by atoms with Gasteiger partial charge in [-0.2, -0.15) is 0 Å². The number of nitrogens with one attached hydrogen (secondary N) is 1. The van der Waals surface area contributed by atoms with Crippen LogP contribution in [0.4, 0.5) is 5.13 Å². The first kappa shape index (κ1) is 14.9. The summed E-state index contributed by atoms with van der Waals surface area (Å²) in [6.45, 7) is 3.26. The van der Waals surface area contributed by atoms with E-state index in [9.17, 15) is 4.79 Å². The number of rotatable bonds is 5. The lowest BCUT2D eigenvalue weighted by molar-refractivity contribution is 0.0783. The van der Waals surface area contributed by atoms with Crippen molar-refractivity contribution in [2.75, 3.05) is 18.9 Å². The molecule has 2 aromatic rings. The molecule has 0 spiro atoms. The summed E-state index contributed by atoms with van der Waals surface area (Å²) in [6.07, 6.45) is 0. The van der Waals surface area contributed by atoms with Gasteiger partial charge in [-0.3, -0.25) is 4.79 Å². The summed E-state index contributed by atoms with van der Waals surface area (Å²) >= 11 is 4.75. The van der Waals surface area contributed by atoms with Crippen molar-refractivity contribution in [3.8, 4) is 0 Å². The molecule has 0 atom stereocenters. The highest BCUT2D eigenvalue weighted by Crippen LogP contribution is 2.20. The maximum absolute atomic E-state index is 12.3. The lowest BCUT2D eigenvalue weighted by Crippen LogP contribution is -2.26. The maximum Gasteiger partial charge on any atom is 0.284 e. The fraction of sp³-hybridized carbons (Fsp3) is 0.308. The second-order valence-electron chi connectivity index (χ2n) is 4.20. The van der Waals surface area contributed by atoms with Crippen molar-refractivity contribution in [2.45, 2.75) is 13.5 Å². The molecule has 1 N–H and O–H groups in total. The quantitative estimate of drug-likeness (QED) is 0.896. The molecule has 0 aliphatic heterocycles. The summed E-state index contributed by atoms with van der Waals surface area (Å²) in [4.78, 5) is 13.9. The first-order chi connectivity index (χ1) is 9.61. The normalized spacial score (nSPS) is 10.3. The standard InChI is InChI=1S/C13H15BrN4OS/c1-3-15-13-17-16-11(20-13)12(19)18(2)8-9-6-4-5-7-10(9)14/h4-7H,3,8H2,1-2H3,(H,15,17). The maximum atomic E-state index is 12.3. The Morgan fingerprint density at radius 1 is 1.40 bits per heavy atom. The molecule has 20 heavy (non-hydrogen) atoms. The smallest absolute Gasteiger partial charge is 0.284 e. The largest absolute Gasteiger partial charge is 0.360 e. The number of hydrogen-bond donors (Lipinski definition) is 1. The minimum absolute atomic E-state index is 0.123. The predicted octanol–water partition coefficient (Wildman–Crippen LogP) is 3.00.